The third-order valence-electron chi connectivity index (χ3n) is 2.53. The highest BCUT2D eigenvalue weighted by molar-refractivity contribution is 5.74. The third-order valence-corrected chi connectivity index (χ3v) is 2.53. The minimum Gasteiger partial charge on any atom is -0.256 e. The lowest BCUT2D eigenvalue weighted by Gasteiger charge is -2.05. The summed E-state index contributed by atoms with van der Waals surface area (Å²) in [6, 6.07) is 9.59. The fourth-order valence-corrected chi connectivity index (χ4v) is 1.63. The molecule has 0 bridgehead atoms. The monoisotopic (exact) mass is 247 g/mol. The molecule has 2 rings (SSSR count). The predicted octanol–water partition coefficient (Wildman–Crippen LogP) is 3.35. The Kier molecular flexibility index (Phi) is 2.33. The van der Waals surface area contributed by atoms with Gasteiger partial charge in [-0.15, -0.1) is 0 Å². The molecule has 0 saturated carbocycles. The first kappa shape index (κ1) is 8.86. The second-order valence-electron chi connectivity index (χ2n) is 3.69. The van der Waals surface area contributed by atoms with Gasteiger partial charge in [-0.2, -0.15) is 10.5 Å². The van der Waals surface area contributed by atoms with Crippen molar-refractivity contribution in [2.75, 3.05) is 0 Å². The molecule has 0 amide bonds. The Labute approximate surface area is 115 Å². The molecule has 4 heteroatoms. The predicted molar refractivity (Wildman–Crippen MR) is 70.1 cm³/mol. The molecule has 0 N–H and O–H groups in total. The van der Waals surface area contributed by atoms with Crippen LogP contribution in [0.2, 0.25) is 0 Å². The van der Waals surface area contributed by atoms with Crippen LogP contribution in [-0.2, 0) is 0 Å². The normalized spacial score (nSPS) is 12.2. The summed E-state index contributed by atoms with van der Waals surface area (Å²) in [5.41, 5.74) is 1.21. The van der Waals surface area contributed by atoms with Crippen LogP contribution >= 0.6 is 0 Å². The van der Waals surface area contributed by atoms with E-state index in [1.807, 2.05) is 12.1 Å². The topological polar surface area (TPSA) is 64.8 Å². The Bertz CT molecular complexity index is 812. The van der Waals surface area contributed by atoms with E-state index >= 15 is 0 Å². The van der Waals surface area contributed by atoms with Crippen molar-refractivity contribution in [2.45, 2.75) is 6.85 Å². The van der Waals surface area contributed by atoms with Crippen LogP contribution in [0.3, 0.4) is 0 Å². The molecule has 0 spiro atoms. The number of nitrogens with zero attached hydrogens (tertiary/aromatic N) is 4. The van der Waals surface area contributed by atoms with Crippen LogP contribution in [0.25, 0.3) is 16.1 Å². The lowest BCUT2D eigenvalue weighted by atomic mass is 10.0. The van der Waals surface area contributed by atoms with E-state index in [2.05, 4.69) is 9.83 Å². The van der Waals surface area contributed by atoms with Gasteiger partial charge in [0.25, 0.3) is 0 Å². The molecular formula is C15H8N4. The van der Waals surface area contributed by atoms with Gasteiger partial charge < -0.3 is 0 Å². The molecule has 4 nitrogen and oxygen atoms in total. The zero-order valence-electron chi connectivity index (χ0n) is 12.7. The molecule has 0 aliphatic carbocycles. The van der Waals surface area contributed by atoms with E-state index in [4.69, 9.17) is 21.2 Å². The van der Waals surface area contributed by atoms with E-state index < -0.39 is 6.85 Å². The van der Waals surface area contributed by atoms with Gasteiger partial charge in [0.2, 0.25) is 5.69 Å². The van der Waals surface area contributed by atoms with Gasteiger partial charge in [0.05, 0.1) is 35.5 Å². The van der Waals surface area contributed by atoms with Crippen LogP contribution in [0.15, 0.2) is 30.5 Å². The molecule has 0 fully saturated rings. The Hall–Kier alpha value is -3.16. The summed E-state index contributed by atoms with van der Waals surface area (Å²) in [4.78, 5) is 7.32. The van der Waals surface area contributed by atoms with E-state index in [0.717, 1.165) is 0 Å². The Balaban J connectivity index is 2.58. The summed E-state index contributed by atoms with van der Waals surface area (Å²) in [5.74, 6) is 0. The first-order valence-corrected chi connectivity index (χ1v) is 5.23. The molecule has 0 saturated heterocycles. The Morgan fingerprint density at radius 1 is 1.32 bits per heavy atom. The second kappa shape index (κ2) is 5.00. The van der Waals surface area contributed by atoms with E-state index in [-0.39, 0.29) is 22.4 Å². The van der Waals surface area contributed by atoms with Crippen molar-refractivity contribution >= 4 is 5.69 Å². The lowest BCUT2D eigenvalue weighted by Crippen LogP contribution is -1.89. The van der Waals surface area contributed by atoms with Crippen molar-refractivity contribution in [1.82, 2.24) is 4.98 Å². The first-order valence-electron chi connectivity index (χ1n) is 6.73. The average Bonchev–Trinajstić information content (AvgIpc) is 2.52. The van der Waals surface area contributed by atoms with Crippen LogP contribution in [-0.4, -0.2) is 4.98 Å². The molecule has 1 aromatic carbocycles. The third kappa shape index (κ3) is 2.27. The molecule has 1 heterocycles. The molecule has 19 heavy (non-hydrogen) atoms. The van der Waals surface area contributed by atoms with Crippen molar-refractivity contribution in [1.29, 1.82) is 10.5 Å². The van der Waals surface area contributed by atoms with Crippen molar-refractivity contribution in [3.63, 3.8) is 0 Å². The van der Waals surface area contributed by atoms with Crippen molar-refractivity contribution in [3.8, 4) is 23.4 Å². The summed E-state index contributed by atoms with van der Waals surface area (Å²) in [6.45, 7) is 4.86. The van der Waals surface area contributed by atoms with Gasteiger partial charge in [0.15, 0.2) is 0 Å². The van der Waals surface area contributed by atoms with Gasteiger partial charge in [-0.1, -0.05) is 6.07 Å². The molecule has 1 aromatic heterocycles. The van der Waals surface area contributed by atoms with E-state index in [1.165, 1.54) is 30.5 Å². The van der Waals surface area contributed by atoms with Crippen molar-refractivity contribution in [3.05, 3.63) is 58.6 Å². The Morgan fingerprint density at radius 3 is 2.68 bits per heavy atom. The SMILES string of the molecule is [2H]C([2H])([2H])c1ccc(-c2cc(C#N)c(C#N)c([N+]#[C-])c2)nc1. The maximum Gasteiger partial charge on any atom is 0.206 e. The first-order chi connectivity index (χ1) is 10.4. The van der Waals surface area contributed by atoms with Crippen LogP contribution in [0.1, 0.15) is 20.8 Å². The van der Waals surface area contributed by atoms with E-state index in [1.54, 1.807) is 0 Å². The van der Waals surface area contributed by atoms with Gasteiger partial charge in [-0.3, -0.25) is 4.98 Å². The maximum atomic E-state index is 9.09. The summed E-state index contributed by atoms with van der Waals surface area (Å²) < 4.78 is 21.9. The summed E-state index contributed by atoms with van der Waals surface area (Å²) in [7, 11) is 0. The molecule has 88 valence electrons. The quantitative estimate of drug-likeness (QED) is 0.726. The number of nitriles is 2. The van der Waals surface area contributed by atoms with Gasteiger partial charge >= 0.3 is 0 Å². The van der Waals surface area contributed by atoms with Gasteiger partial charge in [-0.25, -0.2) is 4.85 Å². The maximum absolute atomic E-state index is 9.09. The summed E-state index contributed by atoms with van der Waals surface area (Å²) in [5, 5.41) is 18.1. The molecular weight excluding hydrogens is 236 g/mol. The number of hydrogen-bond acceptors (Lipinski definition) is 3. The number of rotatable bonds is 1. The molecule has 0 unspecified atom stereocenters. The standard InChI is InChI=1S/C15H8N4/c1-10-3-4-14(19-9-10)11-5-12(7-16)13(8-17)15(6-11)18-2/h3-6,9H,1H3/i1D3. The number of pyridine rings is 1. The number of aromatic nitrogens is 1. The van der Waals surface area contributed by atoms with E-state index in [9.17, 15) is 0 Å². The fraction of sp³-hybridized carbons (Fsp3) is 0.0667. The molecule has 0 atom stereocenters. The summed E-state index contributed by atoms with van der Waals surface area (Å²) in [6.07, 6.45) is 1.24. The van der Waals surface area contributed by atoms with Gasteiger partial charge in [-0.05, 0) is 36.2 Å². The molecule has 0 radical (unpaired) electrons. The Morgan fingerprint density at radius 2 is 2.16 bits per heavy atom. The molecule has 0 aliphatic heterocycles. The minimum absolute atomic E-state index is 0.0281. The fourth-order valence-electron chi connectivity index (χ4n) is 1.63. The van der Waals surface area contributed by atoms with Gasteiger partial charge in [0, 0.05) is 10.3 Å². The van der Waals surface area contributed by atoms with E-state index in [0.29, 0.717) is 11.3 Å². The number of benzene rings is 1. The van der Waals surface area contributed by atoms with Crippen LogP contribution in [0, 0.1) is 36.1 Å². The van der Waals surface area contributed by atoms with Crippen LogP contribution in [0.5, 0.6) is 0 Å². The highest BCUT2D eigenvalue weighted by Gasteiger charge is 2.12. The molecule has 2 aromatic rings. The minimum atomic E-state index is -2.24. The van der Waals surface area contributed by atoms with Crippen LogP contribution in [0.4, 0.5) is 5.69 Å². The second-order valence-corrected chi connectivity index (χ2v) is 3.69. The average molecular weight is 247 g/mol. The zero-order valence-corrected chi connectivity index (χ0v) is 9.68. The smallest absolute Gasteiger partial charge is 0.206 e. The van der Waals surface area contributed by atoms with Crippen molar-refractivity contribution in [2.24, 2.45) is 0 Å². The largest absolute Gasteiger partial charge is 0.256 e. The summed E-state index contributed by atoms with van der Waals surface area (Å²) >= 11 is 0. The van der Waals surface area contributed by atoms with Gasteiger partial charge in [0.1, 0.15) is 0 Å². The van der Waals surface area contributed by atoms with Crippen LogP contribution < -0.4 is 0 Å². The highest BCUT2D eigenvalue weighted by Crippen LogP contribution is 2.29. The highest BCUT2D eigenvalue weighted by atomic mass is 14.7. The number of aryl methyl sites for hydroxylation is 1. The number of hydrogen-bond donors (Lipinski definition) is 0. The zero-order chi connectivity index (χ0) is 16.3. The lowest BCUT2D eigenvalue weighted by molar-refractivity contribution is 1.27. The molecule has 0 aliphatic rings. The van der Waals surface area contributed by atoms with Crippen molar-refractivity contribution < 1.29 is 4.11 Å².